The fourth-order valence-corrected chi connectivity index (χ4v) is 5.70. The van der Waals surface area contributed by atoms with Crippen molar-refractivity contribution in [3.05, 3.63) is 89.2 Å². The summed E-state index contributed by atoms with van der Waals surface area (Å²) in [6.07, 6.45) is 4.64. The summed E-state index contributed by atoms with van der Waals surface area (Å²) in [4.78, 5) is 15.6. The third kappa shape index (κ3) is 3.75. The summed E-state index contributed by atoms with van der Waals surface area (Å²) in [6, 6.07) is 22.2. The van der Waals surface area contributed by atoms with Crippen LogP contribution in [-0.4, -0.2) is 38.3 Å². The minimum Gasteiger partial charge on any atom is -0.385 e. The van der Waals surface area contributed by atoms with E-state index >= 15 is 0 Å². The van der Waals surface area contributed by atoms with Crippen LogP contribution < -0.4 is 0 Å². The predicted molar refractivity (Wildman–Crippen MR) is 124 cm³/mol. The highest BCUT2D eigenvalue weighted by atomic mass is 16.3. The molecule has 1 saturated heterocycles. The van der Waals surface area contributed by atoms with Crippen LogP contribution in [0, 0.1) is 12.8 Å². The molecule has 0 bridgehead atoms. The Hall–Kier alpha value is -2.92. The van der Waals surface area contributed by atoms with Gasteiger partial charge >= 0.3 is 0 Å². The standard InChI is InChI=1S/C27H31N3O2/c1-20-18-24(28-30(20)19-21-10-4-2-5-11-21)26(31)29-17-16-27(32,22-12-6-3-7-13-22)23-14-8-9-15-25(23)29/h2-7,10-13,18,23,25,32H,8-9,14-17,19H2,1H3/t23-,25-,27?/m0/s1. The van der Waals surface area contributed by atoms with Crippen molar-refractivity contribution >= 4 is 5.91 Å². The van der Waals surface area contributed by atoms with Gasteiger partial charge in [0.15, 0.2) is 5.69 Å². The largest absolute Gasteiger partial charge is 0.385 e. The van der Waals surface area contributed by atoms with Crippen molar-refractivity contribution in [1.29, 1.82) is 0 Å². The number of amides is 1. The van der Waals surface area contributed by atoms with Gasteiger partial charge in [-0.25, -0.2) is 0 Å². The minimum atomic E-state index is -0.869. The minimum absolute atomic E-state index is 0.00748. The van der Waals surface area contributed by atoms with Crippen molar-refractivity contribution in [3.8, 4) is 0 Å². The molecule has 5 nitrogen and oxygen atoms in total. The Morgan fingerprint density at radius 3 is 2.50 bits per heavy atom. The van der Waals surface area contributed by atoms with Crippen molar-refractivity contribution in [1.82, 2.24) is 14.7 Å². The van der Waals surface area contributed by atoms with E-state index in [0.29, 0.717) is 25.2 Å². The van der Waals surface area contributed by atoms with Crippen molar-refractivity contribution in [2.75, 3.05) is 6.54 Å². The maximum Gasteiger partial charge on any atom is 0.274 e. The number of aryl methyl sites for hydroxylation is 1. The summed E-state index contributed by atoms with van der Waals surface area (Å²) in [7, 11) is 0. The second kappa shape index (κ2) is 8.55. The third-order valence-corrected chi connectivity index (χ3v) is 7.39. The van der Waals surface area contributed by atoms with Gasteiger partial charge in [0.05, 0.1) is 12.1 Å². The van der Waals surface area contributed by atoms with Crippen LogP contribution in [0.15, 0.2) is 66.7 Å². The lowest BCUT2D eigenvalue weighted by Crippen LogP contribution is -2.59. The number of aliphatic hydroxyl groups is 1. The van der Waals surface area contributed by atoms with Crippen LogP contribution in [0.4, 0.5) is 0 Å². The average Bonchev–Trinajstić information content (AvgIpc) is 3.20. The van der Waals surface area contributed by atoms with E-state index in [1.807, 2.05) is 71.1 Å². The molecule has 3 aromatic rings. The van der Waals surface area contributed by atoms with Gasteiger partial charge in [-0.3, -0.25) is 9.48 Å². The molecule has 1 aliphatic heterocycles. The first kappa shape index (κ1) is 21.0. The van der Waals surface area contributed by atoms with Gasteiger partial charge in [0.2, 0.25) is 0 Å². The molecule has 32 heavy (non-hydrogen) atoms. The normalized spacial score (nSPS) is 25.4. The summed E-state index contributed by atoms with van der Waals surface area (Å²) >= 11 is 0. The summed E-state index contributed by atoms with van der Waals surface area (Å²) in [5, 5.41) is 16.4. The summed E-state index contributed by atoms with van der Waals surface area (Å²) in [5.74, 6) is 0.0516. The highest BCUT2D eigenvalue weighted by Crippen LogP contribution is 2.47. The van der Waals surface area contributed by atoms with E-state index in [2.05, 4.69) is 17.2 Å². The van der Waals surface area contributed by atoms with Gasteiger partial charge in [-0.05, 0) is 43.4 Å². The zero-order chi connectivity index (χ0) is 22.1. The average molecular weight is 430 g/mol. The van der Waals surface area contributed by atoms with Crippen LogP contribution in [0.3, 0.4) is 0 Å². The highest BCUT2D eigenvalue weighted by molar-refractivity contribution is 5.92. The van der Waals surface area contributed by atoms with Crippen LogP contribution in [0.2, 0.25) is 0 Å². The van der Waals surface area contributed by atoms with Gasteiger partial charge in [-0.1, -0.05) is 73.5 Å². The molecule has 1 saturated carbocycles. The van der Waals surface area contributed by atoms with Crippen molar-refractivity contribution in [2.24, 2.45) is 5.92 Å². The monoisotopic (exact) mass is 429 g/mol. The first-order valence-electron chi connectivity index (χ1n) is 11.7. The number of piperidine rings is 1. The summed E-state index contributed by atoms with van der Waals surface area (Å²) in [6.45, 7) is 3.20. The van der Waals surface area contributed by atoms with Crippen LogP contribution in [0.25, 0.3) is 0 Å². The maximum atomic E-state index is 13.6. The Balaban J connectivity index is 1.40. The van der Waals surface area contributed by atoms with Crippen LogP contribution in [-0.2, 0) is 12.1 Å². The molecule has 0 radical (unpaired) electrons. The number of carbonyl (C=O) groups excluding carboxylic acids is 1. The lowest BCUT2D eigenvalue weighted by atomic mass is 9.66. The molecule has 1 amide bonds. The van der Waals surface area contributed by atoms with E-state index in [1.54, 1.807) is 0 Å². The Kier molecular flexibility index (Phi) is 5.60. The lowest BCUT2D eigenvalue weighted by molar-refractivity contribution is -0.110. The van der Waals surface area contributed by atoms with Gasteiger partial charge in [-0.2, -0.15) is 5.10 Å². The fourth-order valence-electron chi connectivity index (χ4n) is 5.70. The first-order chi connectivity index (χ1) is 15.6. The number of rotatable bonds is 4. The number of nitrogens with zero attached hydrogens (tertiary/aromatic N) is 3. The fraction of sp³-hybridized carbons (Fsp3) is 0.407. The molecule has 1 N–H and O–H groups in total. The molecule has 2 aromatic carbocycles. The van der Waals surface area contributed by atoms with E-state index in [0.717, 1.165) is 42.5 Å². The molecule has 2 aliphatic rings. The van der Waals surface area contributed by atoms with E-state index in [4.69, 9.17) is 0 Å². The Morgan fingerprint density at radius 1 is 1.06 bits per heavy atom. The predicted octanol–water partition coefficient (Wildman–Crippen LogP) is 4.53. The maximum absolute atomic E-state index is 13.6. The number of hydrogen-bond acceptors (Lipinski definition) is 3. The first-order valence-corrected chi connectivity index (χ1v) is 11.7. The molecule has 1 unspecified atom stereocenters. The van der Waals surface area contributed by atoms with Crippen molar-refractivity contribution in [2.45, 2.75) is 57.2 Å². The van der Waals surface area contributed by atoms with Gasteiger partial charge in [0.1, 0.15) is 0 Å². The smallest absolute Gasteiger partial charge is 0.274 e. The van der Waals surface area contributed by atoms with E-state index in [1.165, 1.54) is 0 Å². The molecular weight excluding hydrogens is 398 g/mol. The van der Waals surface area contributed by atoms with Gasteiger partial charge in [-0.15, -0.1) is 0 Å². The van der Waals surface area contributed by atoms with Crippen molar-refractivity contribution < 1.29 is 9.90 Å². The molecule has 1 aromatic heterocycles. The van der Waals surface area contributed by atoms with Crippen LogP contribution in [0.5, 0.6) is 0 Å². The topological polar surface area (TPSA) is 58.4 Å². The van der Waals surface area contributed by atoms with Gasteiger partial charge < -0.3 is 10.0 Å². The molecule has 5 rings (SSSR count). The third-order valence-electron chi connectivity index (χ3n) is 7.39. The second-order valence-corrected chi connectivity index (χ2v) is 9.31. The molecule has 0 spiro atoms. The Bertz CT molecular complexity index is 1080. The molecule has 5 heteroatoms. The number of carbonyl (C=O) groups is 1. The SMILES string of the molecule is Cc1cc(C(=O)N2CCC(O)(c3ccccc3)[C@H]3CCCC[C@@H]32)nn1Cc1ccccc1. The van der Waals surface area contributed by atoms with E-state index < -0.39 is 5.60 Å². The van der Waals surface area contributed by atoms with E-state index in [-0.39, 0.29) is 17.9 Å². The van der Waals surface area contributed by atoms with Crippen LogP contribution >= 0.6 is 0 Å². The van der Waals surface area contributed by atoms with Gasteiger partial charge in [0.25, 0.3) is 5.91 Å². The Morgan fingerprint density at radius 2 is 1.75 bits per heavy atom. The zero-order valence-electron chi connectivity index (χ0n) is 18.7. The number of hydrogen-bond donors (Lipinski definition) is 1. The highest BCUT2D eigenvalue weighted by Gasteiger charge is 2.50. The van der Waals surface area contributed by atoms with Crippen LogP contribution in [0.1, 0.15) is 59.4 Å². The number of benzene rings is 2. The molecule has 2 heterocycles. The Labute approximate surface area is 189 Å². The number of likely N-dealkylation sites (tertiary alicyclic amines) is 1. The number of aromatic nitrogens is 2. The second-order valence-electron chi connectivity index (χ2n) is 9.31. The number of fused-ring (bicyclic) bond motifs is 1. The molecule has 2 fully saturated rings. The molecule has 3 atom stereocenters. The summed E-state index contributed by atoms with van der Waals surface area (Å²) in [5.41, 5.74) is 2.76. The summed E-state index contributed by atoms with van der Waals surface area (Å²) < 4.78 is 1.91. The van der Waals surface area contributed by atoms with Crippen molar-refractivity contribution in [3.63, 3.8) is 0 Å². The molecule has 1 aliphatic carbocycles. The van der Waals surface area contributed by atoms with Gasteiger partial charge in [0, 0.05) is 24.2 Å². The zero-order valence-corrected chi connectivity index (χ0v) is 18.7. The quantitative estimate of drug-likeness (QED) is 0.663. The lowest BCUT2D eigenvalue weighted by Gasteiger charge is -2.52. The molecular formula is C27H31N3O2. The molecule has 166 valence electrons. The van der Waals surface area contributed by atoms with E-state index in [9.17, 15) is 9.90 Å².